The van der Waals surface area contributed by atoms with Gasteiger partial charge in [-0.2, -0.15) is 0 Å². The molecule has 1 aromatic carbocycles. The van der Waals surface area contributed by atoms with Crippen molar-refractivity contribution in [1.82, 2.24) is 0 Å². The number of benzene rings is 1. The maximum Gasteiger partial charge on any atom is 0.176 e. The summed E-state index contributed by atoms with van der Waals surface area (Å²) in [5.74, 6) is -0.222. The molecule has 0 radical (unpaired) electrons. The molecular formula is C10H12FNO. The number of hydrogen-bond acceptors (Lipinski definition) is 2. The van der Waals surface area contributed by atoms with Gasteiger partial charge in [0.2, 0.25) is 0 Å². The van der Waals surface area contributed by atoms with Crippen molar-refractivity contribution in [1.29, 1.82) is 0 Å². The Morgan fingerprint density at radius 2 is 2.15 bits per heavy atom. The molecule has 1 aromatic rings. The van der Waals surface area contributed by atoms with Crippen molar-refractivity contribution in [2.24, 2.45) is 5.73 Å². The summed E-state index contributed by atoms with van der Waals surface area (Å²) in [6, 6.07) is 6.61. The molecule has 0 fully saturated rings. The number of Topliss-reactive ketones (excluding diaryl/α,β-unsaturated/α-hetero) is 1. The average molecular weight is 181 g/mol. The lowest BCUT2D eigenvalue weighted by molar-refractivity contribution is 0.0998. The van der Waals surface area contributed by atoms with Crippen LogP contribution >= 0.6 is 0 Å². The highest BCUT2D eigenvalue weighted by Gasteiger charge is 2.13. The van der Waals surface area contributed by atoms with E-state index < -0.39 is 6.17 Å². The molecule has 0 aliphatic rings. The van der Waals surface area contributed by atoms with E-state index >= 15 is 0 Å². The number of hydrogen-bond donors (Lipinski definition) is 1. The molecule has 2 N–H and O–H groups in total. The number of alkyl halides is 1. The number of rotatable bonds is 3. The molecule has 0 amide bonds. The summed E-state index contributed by atoms with van der Waals surface area (Å²) < 4.78 is 13.0. The van der Waals surface area contributed by atoms with Crippen molar-refractivity contribution < 1.29 is 9.18 Å². The maximum atomic E-state index is 13.0. The molecule has 70 valence electrons. The molecule has 0 aromatic heterocycles. The molecule has 1 rings (SSSR count). The van der Waals surface area contributed by atoms with Gasteiger partial charge in [0.15, 0.2) is 5.78 Å². The van der Waals surface area contributed by atoms with E-state index in [4.69, 9.17) is 5.73 Å². The van der Waals surface area contributed by atoms with Gasteiger partial charge in [0.25, 0.3) is 0 Å². The minimum atomic E-state index is -1.13. The van der Waals surface area contributed by atoms with Crippen molar-refractivity contribution in [3.05, 3.63) is 35.4 Å². The lowest BCUT2D eigenvalue weighted by atomic mass is 10.0. The first-order chi connectivity index (χ1) is 6.16. The number of ketones is 1. The highest BCUT2D eigenvalue weighted by Crippen LogP contribution is 2.20. The van der Waals surface area contributed by atoms with E-state index in [9.17, 15) is 9.18 Å². The molecule has 0 aliphatic heterocycles. The molecule has 1 unspecified atom stereocenters. The van der Waals surface area contributed by atoms with E-state index in [-0.39, 0.29) is 12.3 Å². The topological polar surface area (TPSA) is 43.1 Å². The lowest BCUT2D eigenvalue weighted by Gasteiger charge is -2.07. The Morgan fingerprint density at radius 3 is 2.69 bits per heavy atom. The Kier molecular flexibility index (Phi) is 3.14. The van der Waals surface area contributed by atoms with Gasteiger partial charge in [0.05, 0.1) is 6.54 Å². The Labute approximate surface area is 76.6 Å². The molecule has 0 bridgehead atoms. The minimum Gasteiger partial charge on any atom is -0.324 e. The largest absolute Gasteiger partial charge is 0.324 e. The van der Waals surface area contributed by atoms with Gasteiger partial charge in [-0.15, -0.1) is 0 Å². The molecule has 1 atom stereocenters. The van der Waals surface area contributed by atoms with Gasteiger partial charge in [-0.1, -0.05) is 24.3 Å². The average Bonchev–Trinajstić information content (AvgIpc) is 2.16. The second-order valence-electron chi connectivity index (χ2n) is 2.83. The fourth-order valence-electron chi connectivity index (χ4n) is 1.21. The van der Waals surface area contributed by atoms with Crippen molar-refractivity contribution in [3.63, 3.8) is 0 Å². The van der Waals surface area contributed by atoms with Gasteiger partial charge in [-0.3, -0.25) is 4.79 Å². The van der Waals surface area contributed by atoms with Crippen LogP contribution < -0.4 is 5.73 Å². The third-order valence-corrected chi connectivity index (χ3v) is 1.88. The molecular weight excluding hydrogens is 169 g/mol. The molecule has 2 nitrogen and oxygen atoms in total. The van der Waals surface area contributed by atoms with Gasteiger partial charge in [-0.05, 0) is 12.5 Å². The van der Waals surface area contributed by atoms with Crippen LogP contribution in [0.3, 0.4) is 0 Å². The minimum absolute atomic E-state index is 0.0796. The molecule has 0 heterocycles. The fraction of sp³-hybridized carbons (Fsp3) is 0.300. The zero-order valence-corrected chi connectivity index (χ0v) is 7.46. The van der Waals surface area contributed by atoms with Crippen LogP contribution in [0.2, 0.25) is 0 Å². The van der Waals surface area contributed by atoms with Crippen LogP contribution in [-0.4, -0.2) is 12.3 Å². The van der Waals surface area contributed by atoms with Crippen molar-refractivity contribution in [2.45, 2.75) is 13.1 Å². The van der Waals surface area contributed by atoms with E-state index in [1.54, 1.807) is 24.3 Å². The number of carbonyl (C=O) groups excluding carboxylic acids is 1. The predicted molar refractivity (Wildman–Crippen MR) is 49.3 cm³/mol. The first-order valence-corrected chi connectivity index (χ1v) is 4.13. The lowest BCUT2D eigenvalue weighted by Crippen LogP contribution is -2.15. The van der Waals surface area contributed by atoms with Crippen molar-refractivity contribution >= 4 is 5.78 Å². The Bertz CT molecular complexity index is 310. The third-order valence-electron chi connectivity index (χ3n) is 1.88. The second kappa shape index (κ2) is 4.14. The van der Waals surface area contributed by atoms with Gasteiger partial charge in [0, 0.05) is 5.56 Å². The summed E-state index contributed by atoms with van der Waals surface area (Å²) in [6.45, 7) is 1.33. The van der Waals surface area contributed by atoms with E-state index in [1.165, 1.54) is 6.92 Å². The predicted octanol–water partition coefficient (Wildman–Crippen LogP) is 1.86. The number of carbonyl (C=O) groups is 1. The molecule has 3 heteroatoms. The molecule has 0 aliphatic carbocycles. The van der Waals surface area contributed by atoms with Crippen LogP contribution in [0, 0.1) is 0 Å². The number of halogens is 1. The number of nitrogens with two attached hydrogens (primary N) is 1. The molecule has 0 saturated heterocycles. The normalized spacial score (nSPS) is 12.5. The van der Waals surface area contributed by atoms with E-state index in [2.05, 4.69) is 0 Å². The van der Waals surface area contributed by atoms with E-state index in [0.29, 0.717) is 11.1 Å². The Morgan fingerprint density at radius 1 is 1.54 bits per heavy atom. The Balaban J connectivity index is 3.12. The quantitative estimate of drug-likeness (QED) is 0.723. The second-order valence-corrected chi connectivity index (χ2v) is 2.83. The van der Waals surface area contributed by atoms with Crippen LogP contribution in [-0.2, 0) is 0 Å². The SMILES string of the molecule is CC(F)c1ccccc1C(=O)CN. The smallest absolute Gasteiger partial charge is 0.176 e. The van der Waals surface area contributed by atoms with Gasteiger partial charge in [0.1, 0.15) is 6.17 Å². The van der Waals surface area contributed by atoms with E-state index in [0.717, 1.165) is 0 Å². The van der Waals surface area contributed by atoms with Crippen LogP contribution in [0.25, 0.3) is 0 Å². The summed E-state index contributed by atoms with van der Waals surface area (Å²) in [7, 11) is 0. The summed E-state index contributed by atoms with van der Waals surface area (Å²) in [5, 5.41) is 0. The van der Waals surface area contributed by atoms with Gasteiger partial charge < -0.3 is 5.73 Å². The van der Waals surface area contributed by atoms with Gasteiger partial charge >= 0.3 is 0 Å². The first-order valence-electron chi connectivity index (χ1n) is 4.13. The zero-order valence-electron chi connectivity index (χ0n) is 7.46. The van der Waals surface area contributed by atoms with Crippen LogP contribution in [0.15, 0.2) is 24.3 Å². The molecule has 0 saturated carbocycles. The highest BCUT2D eigenvalue weighted by molar-refractivity contribution is 5.98. The van der Waals surface area contributed by atoms with Crippen LogP contribution in [0.5, 0.6) is 0 Å². The van der Waals surface area contributed by atoms with E-state index in [1.807, 2.05) is 0 Å². The highest BCUT2D eigenvalue weighted by atomic mass is 19.1. The standard InChI is InChI=1S/C10H12FNO/c1-7(11)8-4-2-3-5-9(8)10(13)6-12/h2-5,7H,6,12H2,1H3. The fourth-order valence-corrected chi connectivity index (χ4v) is 1.21. The third kappa shape index (κ3) is 2.12. The van der Waals surface area contributed by atoms with Crippen molar-refractivity contribution in [2.75, 3.05) is 6.54 Å². The summed E-state index contributed by atoms with van der Waals surface area (Å²) in [4.78, 5) is 11.2. The van der Waals surface area contributed by atoms with Gasteiger partial charge in [-0.25, -0.2) is 4.39 Å². The summed E-state index contributed by atoms with van der Waals surface area (Å²) in [5.41, 5.74) is 6.00. The molecule has 13 heavy (non-hydrogen) atoms. The monoisotopic (exact) mass is 181 g/mol. The zero-order chi connectivity index (χ0) is 9.84. The summed E-state index contributed by atoms with van der Waals surface area (Å²) >= 11 is 0. The van der Waals surface area contributed by atoms with Crippen molar-refractivity contribution in [3.8, 4) is 0 Å². The first kappa shape index (κ1) is 9.86. The molecule has 0 spiro atoms. The van der Waals surface area contributed by atoms with Crippen LogP contribution in [0.1, 0.15) is 29.0 Å². The van der Waals surface area contributed by atoms with Crippen LogP contribution in [0.4, 0.5) is 4.39 Å². The maximum absolute atomic E-state index is 13.0. The Hall–Kier alpha value is -1.22. The summed E-state index contributed by atoms with van der Waals surface area (Å²) in [6.07, 6.45) is -1.13.